The lowest BCUT2D eigenvalue weighted by Crippen LogP contribution is -2.35. The van der Waals surface area contributed by atoms with Gasteiger partial charge in [0.15, 0.2) is 0 Å². The van der Waals surface area contributed by atoms with Crippen LogP contribution in [-0.4, -0.2) is 23.5 Å². The SMILES string of the molecule is CC(C)C(CNC(=O)c1cc(Cl)ccc1F)C(=O)O. The Labute approximate surface area is 115 Å². The van der Waals surface area contributed by atoms with Crippen LogP contribution in [-0.2, 0) is 4.79 Å². The van der Waals surface area contributed by atoms with Gasteiger partial charge in [-0.1, -0.05) is 25.4 Å². The molecule has 0 radical (unpaired) electrons. The van der Waals surface area contributed by atoms with Crippen molar-refractivity contribution in [1.29, 1.82) is 0 Å². The molecule has 0 aliphatic rings. The molecular weight excluding hydrogens is 273 g/mol. The van der Waals surface area contributed by atoms with Crippen molar-refractivity contribution < 1.29 is 19.1 Å². The largest absolute Gasteiger partial charge is 0.481 e. The topological polar surface area (TPSA) is 66.4 Å². The van der Waals surface area contributed by atoms with E-state index in [4.69, 9.17) is 16.7 Å². The molecule has 0 aliphatic carbocycles. The maximum atomic E-state index is 13.4. The number of carboxylic acids is 1. The summed E-state index contributed by atoms with van der Waals surface area (Å²) in [6, 6.07) is 3.63. The highest BCUT2D eigenvalue weighted by Crippen LogP contribution is 2.15. The normalized spacial score (nSPS) is 12.3. The van der Waals surface area contributed by atoms with Crippen LogP contribution in [0.3, 0.4) is 0 Å². The average Bonchev–Trinajstić information content (AvgIpc) is 2.31. The third-order valence-corrected chi connectivity index (χ3v) is 3.01. The second kappa shape index (κ2) is 6.52. The minimum atomic E-state index is -0.998. The fourth-order valence-corrected chi connectivity index (χ4v) is 1.75. The first-order valence-corrected chi connectivity index (χ1v) is 6.16. The van der Waals surface area contributed by atoms with Gasteiger partial charge in [-0.3, -0.25) is 9.59 Å². The van der Waals surface area contributed by atoms with Gasteiger partial charge in [0.2, 0.25) is 0 Å². The molecule has 1 amide bonds. The molecule has 1 aromatic rings. The van der Waals surface area contributed by atoms with Crippen molar-refractivity contribution in [2.24, 2.45) is 11.8 Å². The van der Waals surface area contributed by atoms with Gasteiger partial charge >= 0.3 is 5.97 Å². The maximum absolute atomic E-state index is 13.4. The standard InChI is InChI=1S/C13H15ClFNO3/c1-7(2)10(13(18)19)6-16-12(17)9-5-8(14)3-4-11(9)15/h3-5,7,10H,6H2,1-2H3,(H,16,17)(H,18,19). The number of hydrogen-bond acceptors (Lipinski definition) is 2. The molecule has 0 fully saturated rings. The van der Waals surface area contributed by atoms with Crippen LogP contribution in [0.5, 0.6) is 0 Å². The molecule has 1 atom stereocenters. The Kier molecular flexibility index (Phi) is 5.30. The highest BCUT2D eigenvalue weighted by atomic mass is 35.5. The average molecular weight is 288 g/mol. The summed E-state index contributed by atoms with van der Waals surface area (Å²) in [5.74, 6) is -3.22. The second-order valence-corrected chi connectivity index (χ2v) is 4.96. The Bertz CT molecular complexity index is 491. The first-order chi connectivity index (χ1) is 8.82. The molecular formula is C13H15ClFNO3. The van der Waals surface area contributed by atoms with Gasteiger partial charge in [0.1, 0.15) is 5.82 Å². The Hall–Kier alpha value is -1.62. The van der Waals surface area contributed by atoms with Crippen molar-refractivity contribution >= 4 is 23.5 Å². The summed E-state index contributed by atoms with van der Waals surface area (Å²) in [4.78, 5) is 22.7. The Balaban J connectivity index is 2.75. The Morgan fingerprint density at radius 2 is 2.05 bits per heavy atom. The summed E-state index contributed by atoms with van der Waals surface area (Å²) in [6.07, 6.45) is 0. The van der Waals surface area contributed by atoms with E-state index in [0.717, 1.165) is 6.07 Å². The number of nitrogens with one attached hydrogen (secondary N) is 1. The smallest absolute Gasteiger partial charge is 0.308 e. The van der Waals surface area contributed by atoms with Crippen LogP contribution in [0, 0.1) is 17.7 Å². The van der Waals surface area contributed by atoms with Gasteiger partial charge in [0.05, 0.1) is 11.5 Å². The molecule has 1 aromatic carbocycles. The van der Waals surface area contributed by atoms with E-state index < -0.39 is 23.6 Å². The lowest BCUT2D eigenvalue weighted by atomic mass is 9.96. The molecule has 0 aliphatic heterocycles. The summed E-state index contributed by atoms with van der Waals surface area (Å²) in [6.45, 7) is 3.42. The van der Waals surface area contributed by atoms with Crippen molar-refractivity contribution in [3.8, 4) is 0 Å². The van der Waals surface area contributed by atoms with Crippen molar-refractivity contribution in [1.82, 2.24) is 5.32 Å². The number of carbonyl (C=O) groups excluding carboxylic acids is 1. The summed E-state index contributed by atoms with van der Waals surface area (Å²) in [7, 11) is 0. The molecule has 1 rings (SSSR count). The van der Waals surface area contributed by atoms with Crippen molar-refractivity contribution in [3.63, 3.8) is 0 Å². The highest BCUT2D eigenvalue weighted by Gasteiger charge is 2.22. The van der Waals surface area contributed by atoms with Crippen molar-refractivity contribution in [2.45, 2.75) is 13.8 Å². The number of benzene rings is 1. The summed E-state index contributed by atoms with van der Waals surface area (Å²) in [5, 5.41) is 11.6. The summed E-state index contributed by atoms with van der Waals surface area (Å²) < 4.78 is 13.4. The molecule has 104 valence electrons. The molecule has 1 unspecified atom stereocenters. The van der Waals surface area contributed by atoms with Crippen molar-refractivity contribution in [3.05, 3.63) is 34.6 Å². The van der Waals surface area contributed by atoms with Crippen LogP contribution >= 0.6 is 11.6 Å². The number of rotatable bonds is 5. The lowest BCUT2D eigenvalue weighted by Gasteiger charge is -2.16. The van der Waals surface area contributed by atoms with Gasteiger partial charge in [-0.15, -0.1) is 0 Å². The number of aliphatic carboxylic acids is 1. The number of carboxylic acid groups (broad SMARTS) is 1. The van der Waals surface area contributed by atoms with Crippen LogP contribution in [0.4, 0.5) is 4.39 Å². The fraction of sp³-hybridized carbons (Fsp3) is 0.385. The van der Waals surface area contributed by atoms with E-state index in [9.17, 15) is 14.0 Å². The van der Waals surface area contributed by atoms with E-state index in [1.807, 2.05) is 0 Å². The zero-order chi connectivity index (χ0) is 14.6. The van der Waals surface area contributed by atoms with Crippen molar-refractivity contribution in [2.75, 3.05) is 6.54 Å². The third-order valence-electron chi connectivity index (χ3n) is 2.78. The van der Waals surface area contributed by atoms with Crippen LogP contribution in [0.2, 0.25) is 5.02 Å². The molecule has 0 aromatic heterocycles. The first-order valence-electron chi connectivity index (χ1n) is 5.79. The molecule has 19 heavy (non-hydrogen) atoms. The number of carbonyl (C=O) groups is 2. The zero-order valence-corrected chi connectivity index (χ0v) is 11.4. The predicted octanol–water partition coefficient (Wildman–Crippen LogP) is 2.57. The van der Waals surface area contributed by atoms with Crippen LogP contribution in [0.1, 0.15) is 24.2 Å². The molecule has 6 heteroatoms. The van der Waals surface area contributed by atoms with Crippen LogP contribution in [0.25, 0.3) is 0 Å². The quantitative estimate of drug-likeness (QED) is 0.875. The van der Waals surface area contributed by atoms with Gasteiger partial charge in [-0.05, 0) is 24.1 Å². The van der Waals surface area contributed by atoms with Crippen LogP contribution < -0.4 is 5.32 Å². The highest BCUT2D eigenvalue weighted by molar-refractivity contribution is 6.31. The van der Waals surface area contributed by atoms with E-state index >= 15 is 0 Å². The Morgan fingerprint density at radius 1 is 1.42 bits per heavy atom. The lowest BCUT2D eigenvalue weighted by molar-refractivity contribution is -0.142. The minimum Gasteiger partial charge on any atom is -0.481 e. The monoisotopic (exact) mass is 287 g/mol. The van der Waals surface area contributed by atoms with Gasteiger partial charge in [-0.2, -0.15) is 0 Å². The Morgan fingerprint density at radius 3 is 2.58 bits per heavy atom. The molecule has 0 bridgehead atoms. The fourth-order valence-electron chi connectivity index (χ4n) is 1.58. The van der Waals surface area contributed by atoms with E-state index in [-0.39, 0.29) is 23.0 Å². The second-order valence-electron chi connectivity index (χ2n) is 4.52. The summed E-state index contributed by atoms with van der Waals surface area (Å²) >= 11 is 5.68. The third kappa shape index (κ3) is 4.21. The van der Waals surface area contributed by atoms with Gasteiger partial charge < -0.3 is 10.4 Å². The molecule has 2 N–H and O–H groups in total. The zero-order valence-electron chi connectivity index (χ0n) is 10.6. The number of hydrogen-bond donors (Lipinski definition) is 2. The van der Waals surface area contributed by atoms with E-state index in [1.165, 1.54) is 12.1 Å². The number of halogens is 2. The van der Waals surface area contributed by atoms with Gasteiger partial charge in [0.25, 0.3) is 5.91 Å². The number of amides is 1. The molecule has 0 spiro atoms. The van der Waals surface area contributed by atoms with E-state index in [1.54, 1.807) is 13.8 Å². The van der Waals surface area contributed by atoms with Crippen LogP contribution in [0.15, 0.2) is 18.2 Å². The van der Waals surface area contributed by atoms with Gasteiger partial charge in [-0.25, -0.2) is 4.39 Å². The molecule has 4 nitrogen and oxygen atoms in total. The maximum Gasteiger partial charge on any atom is 0.308 e. The molecule has 0 saturated carbocycles. The molecule has 0 heterocycles. The molecule has 0 saturated heterocycles. The van der Waals surface area contributed by atoms with Gasteiger partial charge in [0, 0.05) is 11.6 Å². The van der Waals surface area contributed by atoms with E-state index in [0.29, 0.717) is 0 Å². The minimum absolute atomic E-state index is 0.0578. The predicted molar refractivity (Wildman–Crippen MR) is 69.7 cm³/mol. The van der Waals surface area contributed by atoms with E-state index in [2.05, 4.69) is 5.32 Å². The summed E-state index contributed by atoms with van der Waals surface area (Å²) in [5.41, 5.74) is -0.194. The first kappa shape index (κ1) is 15.4.